The minimum atomic E-state index is -0.481. The summed E-state index contributed by atoms with van der Waals surface area (Å²) in [5, 5.41) is 3.77. The van der Waals surface area contributed by atoms with Crippen LogP contribution in [0.15, 0.2) is 24.3 Å². The average Bonchev–Trinajstić information content (AvgIpc) is 2.53. The highest BCUT2D eigenvalue weighted by molar-refractivity contribution is 6.30. The molecule has 0 aromatic heterocycles. The number of benzene rings is 1. The van der Waals surface area contributed by atoms with Gasteiger partial charge in [-0.15, -0.1) is 0 Å². The van der Waals surface area contributed by atoms with Gasteiger partial charge >= 0.3 is 0 Å². The van der Waals surface area contributed by atoms with Crippen LogP contribution in [0.3, 0.4) is 0 Å². The van der Waals surface area contributed by atoms with Gasteiger partial charge < -0.3 is 15.0 Å². The first kappa shape index (κ1) is 16.3. The predicted octanol–water partition coefficient (Wildman–Crippen LogP) is 2.07. The van der Waals surface area contributed by atoms with E-state index in [0.29, 0.717) is 24.8 Å². The van der Waals surface area contributed by atoms with Gasteiger partial charge in [0.1, 0.15) is 0 Å². The molecule has 0 atom stereocenters. The molecule has 0 saturated carbocycles. The molecule has 5 heteroatoms. The van der Waals surface area contributed by atoms with Gasteiger partial charge in [0.25, 0.3) is 0 Å². The van der Waals surface area contributed by atoms with Crippen molar-refractivity contribution >= 4 is 17.5 Å². The summed E-state index contributed by atoms with van der Waals surface area (Å²) >= 11 is 5.98. The summed E-state index contributed by atoms with van der Waals surface area (Å²) in [6.07, 6.45) is 1.44. The van der Waals surface area contributed by atoms with Crippen molar-refractivity contribution in [3.8, 4) is 0 Å². The predicted molar refractivity (Wildman–Crippen MR) is 84.7 cm³/mol. The van der Waals surface area contributed by atoms with Crippen LogP contribution in [-0.2, 0) is 14.9 Å². The summed E-state index contributed by atoms with van der Waals surface area (Å²) < 4.78 is 5.47. The fourth-order valence-electron chi connectivity index (χ4n) is 2.86. The molecule has 1 heterocycles. The summed E-state index contributed by atoms with van der Waals surface area (Å²) in [5.74, 6) is 0.170. The molecule has 1 aliphatic rings. The Bertz CT molecular complexity index is 470. The number of hydrogen-bond acceptors (Lipinski definition) is 3. The number of nitrogens with zero attached hydrogens (tertiary/aromatic N) is 1. The summed E-state index contributed by atoms with van der Waals surface area (Å²) in [6.45, 7) is 2.73. The fraction of sp³-hybridized carbons (Fsp3) is 0.562. The molecule has 1 aliphatic heterocycles. The normalized spacial score (nSPS) is 17.5. The Morgan fingerprint density at radius 2 is 1.95 bits per heavy atom. The quantitative estimate of drug-likeness (QED) is 0.905. The van der Waals surface area contributed by atoms with Crippen LogP contribution in [0, 0.1) is 0 Å². The Labute approximate surface area is 131 Å². The molecule has 0 unspecified atom stereocenters. The Hall–Kier alpha value is -1.10. The van der Waals surface area contributed by atoms with Gasteiger partial charge in [0.15, 0.2) is 0 Å². The highest BCUT2D eigenvalue weighted by Crippen LogP contribution is 2.37. The number of ether oxygens (including phenoxy) is 1. The summed E-state index contributed by atoms with van der Waals surface area (Å²) in [7, 11) is 3.76. The molecule has 1 N–H and O–H groups in total. The van der Waals surface area contributed by atoms with E-state index in [2.05, 4.69) is 5.32 Å². The van der Waals surface area contributed by atoms with Gasteiger partial charge in [0, 0.05) is 38.4 Å². The van der Waals surface area contributed by atoms with Crippen LogP contribution in [-0.4, -0.2) is 51.2 Å². The zero-order chi connectivity index (χ0) is 15.3. The van der Waals surface area contributed by atoms with Gasteiger partial charge in [-0.2, -0.15) is 0 Å². The molecule has 0 aliphatic carbocycles. The van der Waals surface area contributed by atoms with Gasteiger partial charge in [0.2, 0.25) is 5.91 Å². The summed E-state index contributed by atoms with van der Waals surface area (Å²) in [5.41, 5.74) is 0.558. The first-order valence-corrected chi connectivity index (χ1v) is 7.72. The lowest BCUT2D eigenvalue weighted by atomic mass is 9.73. The maximum atomic E-state index is 13.0. The van der Waals surface area contributed by atoms with Crippen molar-refractivity contribution in [1.82, 2.24) is 10.2 Å². The van der Waals surface area contributed by atoms with Crippen molar-refractivity contribution < 1.29 is 9.53 Å². The van der Waals surface area contributed by atoms with E-state index >= 15 is 0 Å². The molecule has 2 rings (SSSR count). The minimum absolute atomic E-state index is 0.170. The molecular weight excluding hydrogens is 288 g/mol. The number of rotatable bonds is 5. The van der Waals surface area contributed by atoms with E-state index in [1.807, 2.05) is 43.3 Å². The number of carbonyl (C=O) groups excluding carboxylic acids is 1. The second kappa shape index (κ2) is 7.25. The van der Waals surface area contributed by atoms with Crippen LogP contribution in [0.2, 0.25) is 5.02 Å². The number of carbonyl (C=O) groups is 1. The number of hydrogen-bond donors (Lipinski definition) is 1. The van der Waals surface area contributed by atoms with Gasteiger partial charge in [0.05, 0.1) is 5.41 Å². The molecule has 21 heavy (non-hydrogen) atoms. The Morgan fingerprint density at radius 1 is 1.33 bits per heavy atom. The molecule has 0 radical (unpaired) electrons. The van der Waals surface area contributed by atoms with Crippen LogP contribution >= 0.6 is 11.6 Å². The van der Waals surface area contributed by atoms with Crippen molar-refractivity contribution in [2.45, 2.75) is 18.3 Å². The smallest absolute Gasteiger partial charge is 0.233 e. The average molecular weight is 311 g/mol. The van der Waals surface area contributed by atoms with Crippen LogP contribution in [0.1, 0.15) is 18.4 Å². The van der Waals surface area contributed by atoms with Crippen molar-refractivity contribution in [3.63, 3.8) is 0 Å². The topological polar surface area (TPSA) is 41.6 Å². The van der Waals surface area contributed by atoms with Crippen molar-refractivity contribution in [3.05, 3.63) is 34.9 Å². The van der Waals surface area contributed by atoms with Crippen molar-refractivity contribution in [2.24, 2.45) is 0 Å². The third-order valence-electron chi connectivity index (χ3n) is 4.20. The van der Waals surface area contributed by atoms with Crippen LogP contribution < -0.4 is 5.32 Å². The summed E-state index contributed by atoms with van der Waals surface area (Å²) in [4.78, 5) is 14.8. The molecule has 116 valence electrons. The molecular formula is C16H23ClN2O2. The van der Waals surface area contributed by atoms with Gasteiger partial charge in [-0.05, 0) is 37.6 Å². The largest absolute Gasteiger partial charge is 0.381 e. The molecule has 0 spiro atoms. The third kappa shape index (κ3) is 3.57. The second-order valence-corrected chi connectivity index (χ2v) is 5.97. The third-order valence-corrected chi connectivity index (χ3v) is 4.45. The molecule has 1 aromatic carbocycles. The number of halogens is 1. The maximum absolute atomic E-state index is 13.0. The fourth-order valence-corrected chi connectivity index (χ4v) is 2.99. The van der Waals surface area contributed by atoms with Crippen LogP contribution in [0.25, 0.3) is 0 Å². The molecule has 4 nitrogen and oxygen atoms in total. The number of nitrogens with one attached hydrogen (secondary N) is 1. The van der Waals surface area contributed by atoms with E-state index in [9.17, 15) is 4.79 Å². The van der Waals surface area contributed by atoms with E-state index in [1.54, 1.807) is 0 Å². The highest BCUT2D eigenvalue weighted by atomic mass is 35.5. The minimum Gasteiger partial charge on any atom is -0.381 e. The van der Waals surface area contributed by atoms with Gasteiger partial charge in [-0.3, -0.25) is 4.79 Å². The molecule has 0 bridgehead atoms. The van der Waals surface area contributed by atoms with Crippen LogP contribution in [0.4, 0.5) is 0 Å². The SMILES string of the molecule is CNCCN(C)C(=O)C1(c2ccc(Cl)cc2)CCOCC1. The highest BCUT2D eigenvalue weighted by Gasteiger charge is 2.43. The lowest BCUT2D eigenvalue weighted by Gasteiger charge is -2.39. The monoisotopic (exact) mass is 310 g/mol. The zero-order valence-corrected chi connectivity index (χ0v) is 13.4. The standard InChI is InChI=1S/C16H23ClN2O2/c1-18-9-10-19(2)15(20)16(7-11-21-12-8-16)13-3-5-14(17)6-4-13/h3-6,18H,7-12H2,1-2H3. The Kier molecular flexibility index (Phi) is 5.62. The lowest BCUT2D eigenvalue weighted by molar-refractivity contribution is -0.140. The van der Waals surface area contributed by atoms with E-state index in [1.165, 1.54) is 0 Å². The van der Waals surface area contributed by atoms with Crippen molar-refractivity contribution in [1.29, 1.82) is 0 Å². The van der Waals surface area contributed by atoms with E-state index in [0.717, 1.165) is 24.9 Å². The molecule has 1 aromatic rings. The first-order chi connectivity index (χ1) is 10.1. The Morgan fingerprint density at radius 3 is 2.52 bits per heavy atom. The van der Waals surface area contributed by atoms with Gasteiger partial charge in [-0.25, -0.2) is 0 Å². The summed E-state index contributed by atoms with van der Waals surface area (Å²) in [6, 6.07) is 7.65. The first-order valence-electron chi connectivity index (χ1n) is 7.34. The van der Waals surface area contributed by atoms with Gasteiger partial charge in [-0.1, -0.05) is 23.7 Å². The van der Waals surface area contributed by atoms with E-state index in [4.69, 9.17) is 16.3 Å². The number of likely N-dealkylation sites (N-methyl/N-ethyl adjacent to an activating group) is 2. The maximum Gasteiger partial charge on any atom is 0.233 e. The molecule has 1 fully saturated rings. The molecule has 1 amide bonds. The van der Waals surface area contributed by atoms with Crippen molar-refractivity contribution in [2.75, 3.05) is 40.4 Å². The van der Waals surface area contributed by atoms with Crippen LogP contribution in [0.5, 0.6) is 0 Å². The lowest BCUT2D eigenvalue weighted by Crippen LogP contribution is -2.49. The molecule has 1 saturated heterocycles. The van der Waals surface area contributed by atoms with E-state index < -0.39 is 5.41 Å². The van der Waals surface area contributed by atoms with E-state index in [-0.39, 0.29) is 5.91 Å². The zero-order valence-electron chi connectivity index (χ0n) is 12.7. The second-order valence-electron chi connectivity index (χ2n) is 5.53. The Balaban J connectivity index is 2.28. The number of amides is 1.